The molecule has 0 unspecified atom stereocenters. The van der Waals surface area contributed by atoms with Gasteiger partial charge in [-0.1, -0.05) is 30.4 Å². The van der Waals surface area contributed by atoms with Gasteiger partial charge in [0.25, 0.3) is 0 Å². The Morgan fingerprint density at radius 3 is 2.48 bits per heavy atom. The Kier molecular flexibility index (Phi) is 9.06. The summed E-state index contributed by atoms with van der Waals surface area (Å²) in [5.41, 5.74) is 2.34. The number of halogens is 1. The molecule has 4 nitrogen and oxygen atoms in total. The monoisotopic (exact) mass is 429 g/mol. The summed E-state index contributed by atoms with van der Waals surface area (Å²) in [7, 11) is 0. The van der Waals surface area contributed by atoms with Crippen molar-refractivity contribution in [3.05, 3.63) is 41.5 Å². The van der Waals surface area contributed by atoms with Gasteiger partial charge in [-0.3, -0.25) is 0 Å². The van der Waals surface area contributed by atoms with Crippen molar-refractivity contribution >= 4 is 29.9 Å². The Bertz CT molecular complexity index is 515. The third-order valence-electron chi connectivity index (χ3n) is 3.71. The third-order valence-corrected chi connectivity index (χ3v) is 3.71. The molecule has 0 saturated carbocycles. The normalized spacial score (nSPS) is 14.5. The summed E-state index contributed by atoms with van der Waals surface area (Å²) in [6.45, 7) is 8.32. The van der Waals surface area contributed by atoms with Crippen molar-refractivity contribution in [1.29, 1.82) is 0 Å². The fourth-order valence-corrected chi connectivity index (χ4v) is 2.58. The first-order chi connectivity index (χ1) is 10.7. The van der Waals surface area contributed by atoms with Gasteiger partial charge in [-0.25, -0.2) is 4.99 Å². The van der Waals surface area contributed by atoms with Gasteiger partial charge in [-0.15, -0.1) is 24.0 Å². The van der Waals surface area contributed by atoms with Crippen molar-refractivity contribution in [2.24, 2.45) is 4.99 Å². The fraction of sp³-hybridized carbons (Fsp3) is 0.500. The Morgan fingerprint density at radius 1 is 1.22 bits per heavy atom. The molecule has 0 aliphatic heterocycles. The molecule has 0 aromatic heterocycles. The van der Waals surface area contributed by atoms with E-state index in [1.807, 2.05) is 0 Å². The molecule has 0 amide bonds. The molecular weight excluding hydrogens is 401 g/mol. The highest BCUT2D eigenvalue weighted by atomic mass is 127. The highest BCUT2D eigenvalue weighted by molar-refractivity contribution is 14.0. The van der Waals surface area contributed by atoms with Crippen LogP contribution in [0, 0.1) is 13.8 Å². The zero-order valence-electron chi connectivity index (χ0n) is 14.3. The maximum Gasteiger partial charge on any atom is 0.191 e. The van der Waals surface area contributed by atoms with Crippen LogP contribution in [0.4, 0.5) is 0 Å². The molecule has 1 aliphatic carbocycles. The number of para-hydroxylation sites is 1. The molecule has 1 aromatic rings. The van der Waals surface area contributed by atoms with Crippen molar-refractivity contribution in [3.63, 3.8) is 0 Å². The third kappa shape index (κ3) is 6.41. The first-order valence-electron chi connectivity index (χ1n) is 8.09. The van der Waals surface area contributed by atoms with E-state index < -0.39 is 0 Å². The van der Waals surface area contributed by atoms with E-state index >= 15 is 0 Å². The van der Waals surface area contributed by atoms with Crippen LogP contribution in [0.15, 0.2) is 35.3 Å². The van der Waals surface area contributed by atoms with Gasteiger partial charge in [0.1, 0.15) is 12.4 Å². The van der Waals surface area contributed by atoms with Crippen LogP contribution < -0.4 is 15.4 Å². The maximum atomic E-state index is 5.89. The number of hydrogen-bond donors (Lipinski definition) is 2. The Hall–Kier alpha value is -1.24. The second-order valence-corrected chi connectivity index (χ2v) is 5.61. The van der Waals surface area contributed by atoms with Crippen molar-refractivity contribution in [2.45, 2.75) is 39.7 Å². The van der Waals surface area contributed by atoms with Gasteiger partial charge in [0.2, 0.25) is 0 Å². The molecule has 5 heteroatoms. The van der Waals surface area contributed by atoms with Crippen LogP contribution in [0.1, 0.15) is 30.9 Å². The summed E-state index contributed by atoms with van der Waals surface area (Å²) in [5.74, 6) is 1.86. The number of nitrogens with one attached hydrogen (secondary N) is 2. The maximum absolute atomic E-state index is 5.89. The summed E-state index contributed by atoms with van der Waals surface area (Å²) >= 11 is 0. The zero-order valence-corrected chi connectivity index (χ0v) is 16.6. The molecule has 128 valence electrons. The van der Waals surface area contributed by atoms with E-state index in [1.165, 1.54) is 11.1 Å². The van der Waals surface area contributed by atoms with Gasteiger partial charge in [-0.2, -0.15) is 0 Å². The van der Waals surface area contributed by atoms with Gasteiger partial charge < -0.3 is 15.4 Å². The fourth-order valence-electron chi connectivity index (χ4n) is 2.58. The van der Waals surface area contributed by atoms with Gasteiger partial charge >= 0.3 is 0 Å². The van der Waals surface area contributed by atoms with Crippen LogP contribution in [0.25, 0.3) is 0 Å². The highest BCUT2D eigenvalue weighted by Gasteiger charge is 2.11. The van der Waals surface area contributed by atoms with Crippen LogP contribution >= 0.6 is 24.0 Å². The number of benzene rings is 1. The lowest BCUT2D eigenvalue weighted by atomic mass is 10.1. The topological polar surface area (TPSA) is 45.7 Å². The van der Waals surface area contributed by atoms with Crippen LogP contribution in [0.5, 0.6) is 5.75 Å². The molecular formula is C18H28IN3O. The van der Waals surface area contributed by atoms with E-state index in [0.717, 1.165) is 31.1 Å². The number of guanidine groups is 1. The standard InChI is InChI=1S/C18H27N3O.HI/c1-4-19-18(21-16-10-5-6-11-16)20-12-13-22-17-14(2)8-7-9-15(17)3;/h5-9,16H,4,10-13H2,1-3H3,(H2,19,20,21);1H. The average Bonchev–Trinajstić information content (AvgIpc) is 2.99. The number of ether oxygens (including phenoxy) is 1. The lowest BCUT2D eigenvalue weighted by Gasteiger charge is -2.17. The summed E-state index contributed by atoms with van der Waals surface area (Å²) in [5, 5.41) is 6.75. The molecule has 2 rings (SSSR count). The Balaban J connectivity index is 0.00000264. The second-order valence-electron chi connectivity index (χ2n) is 5.61. The molecule has 2 N–H and O–H groups in total. The Labute approximate surface area is 156 Å². The molecule has 23 heavy (non-hydrogen) atoms. The number of rotatable bonds is 6. The van der Waals surface area contributed by atoms with E-state index in [4.69, 9.17) is 4.74 Å². The molecule has 0 atom stereocenters. The van der Waals surface area contributed by atoms with E-state index in [0.29, 0.717) is 19.2 Å². The lowest BCUT2D eigenvalue weighted by Crippen LogP contribution is -2.42. The van der Waals surface area contributed by atoms with E-state index in [2.05, 4.69) is 66.7 Å². The van der Waals surface area contributed by atoms with Crippen molar-refractivity contribution < 1.29 is 4.74 Å². The minimum Gasteiger partial charge on any atom is -0.491 e. The summed E-state index contributed by atoms with van der Waals surface area (Å²) in [6, 6.07) is 6.67. The van der Waals surface area contributed by atoms with Crippen LogP contribution in [0.2, 0.25) is 0 Å². The number of hydrogen-bond acceptors (Lipinski definition) is 2. The number of nitrogens with zero attached hydrogens (tertiary/aromatic N) is 1. The summed E-state index contributed by atoms with van der Waals surface area (Å²) in [6.07, 6.45) is 6.57. The molecule has 0 heterocycles. The van der Waals surface area contributed by atoms with Crippen LogP contribution in [-0.2, 0) is 0 Å². The summed E-state index contributed by atoms with van der Waals surface area (Å²) < 4.78 is 5.89. The van der Waals surface area contributed by atoms with Gasteiger partial charge in [-0.05, 0) is 44.7 Å². The molecule has 0 fully saturated rings. The molecule has 0 radical (unpaired) electrons. The van der Waals surface area contributed by atoms with E-state index in [9.17, 15) is 0 Å². The summed E-state index contributed by atoms with van der Waals surface area (Å²) in [4.78, 5) is 4.59. The molecule has 1 aromatic carbocycles. The van der Waals surface area contributed by atoms with E-state index in [-0.39, 0.29) is 24.0 Å². The molecule has 0 bridgehead atoms. The lowest BCUT2D eigenvalue weighted by molar-refractivity contribution is 0.324. The largest absolute Gasteiger partial charge is 0.491 e. The molecule has 0 saturated heterocycles. The minimum absolute atomic E-state index is 0. The van der Waals surface area contributed by atoms with Crippen molar-refractivity contribution in [2.75, 3.05) is 19.7 Å². The Morgan fingerprint density at radius 2 is 1.87 bits per heavy atom. The van der Waals surface area contributed by atoms with Gasteiger partial charge in [0.05, 0.1) is 6.54 Å². The van der Waals surface area contributed by atoms with E-state index in [1.54, 1.807) is 0 Å². The van der Waals surface area contributed by atoms with Gasteiger partial charge in [0, 0.05) is 12.6 Å². The first-order valence-corrected chi connectivity index (χ1v) is 8.09. The van der Waals surface area contributed by atoms with Crippen LogP contribution in [0.3, 0.4) is 0 Å². The predicted molar refractivity (Wildman–Crippen MR) is 108 cm³/mol. The molecule has 0 spiro atoms. The minimum atomic E-state index is 0. The smallest absolute Gasteiger partial charge is 0.191 e. The second kappa shape index (κ2) is 10.5. The predicted octanol–water partition coefficient (Wildman–Crippen LogP) is 3.57. The van der Waals surface area contributed by atoms with Crippen LogP contribution in [-0.4, -0.2) is 31.7 Å². The number of aryl methyl sites for hydroxylation is 2. The first kappa shape index (κ1) is 19.8. The quantitative estimate of drug-likeness (QED) is 0.239. The zero-order chi connectivity index (χ0) is 15.8. The van der Waals surface area contributed by atoms with Crippen molar-refractivity contribution in [1.82, 2.24) is 10.6 Å². The molecule has 1 aliphatic rings. The number of aliphatic imine (C=N–C) groups is 1. The van der Waals surface area contributed by atoms with Crippen molar-refractivity contribution in [3.8, 4) is 5.75 Å². The highest BCUT2D eigenvalue weighted by Crippen LogP contribution is 2.21. The van der Waals surface area contributed by atoms with Gasteiger partial charge in [0.15, 0.2) is 5.96 Å². The SMILES string of the molecule is CCNC(=NCCOc1c(C)cccc1C)NC1CC=CC1.I. The average molecular weight is 429 g/mol.